The number of hydrogen-bond acceptors (Lipinski definition) is 7. The fourth-order valence-electron chi connectivity index (χ4n) is 4.67. The molecule has 2 N–H and O–H groups in total. The van der Waals surface area contributed by atoms with Crippen LogP contribution in [0.2, 0.25) is 5.02 Å². The predicted octanol–water partition coefficient (Wildman–Crippen LogP) is 5.79. The van der Waals surface area contributed by atoms with Crippen molar-refractivity contribution in [1.29, 1.82) is 0 Å². The molecule has 0 spiro atoms. The van der Waals surface area contributed by atoms with Gasteiger partial charge in [0.2, 0.25) is 5.88 Å². The topological polar surface area (TPSA) is 97.1 Å². The van der Waals surface area contributed by atoms with Gasteiger partial charge < -0.3 is 24.7 Å². The summed E-state index contributed by atoms with van der Waals surface area (Å²) in [5.41, 5.74) is 7.83. The van der Waals surface area contributed by atoms with Gasteiger partial charge in [0.05, 0.1) is 25.2 Å². The summed E-state index contributed by atoms with van der Waals surface area (Å²) in [6, 6.07) is 10.8. The van der Waals surface area contributed by atoms with Crippen LogP contribution in [0.25, 0.3) is 0 Å². The summed E-state index contributed by atoms with van der Waals surface area (Å²) in [6.07, 6.45) is 0.849. The minimum absolute atomic E-state index is 0.0636. The van der Waals surface area contributed by atoms with Gasteiger partial charge in [0, 0.05) is 28.5 Å². The largest absolute Gasteiger partial charge is 0.496 e. The van der Waals surface area contributed by atoms with Crippen LogP contribution < -0.4 is 15.2 Å². The molecule has 0 radical (unpaired) electrons. The Bertz CT molecular complexity index is 1300. The third-order valence-corrected chi connectivity index (χ3v) is 7.06. The molecule has 0 amide bonds. The van der Waals surface area contributed by atoms with Crippen molar-refractivity contribution in [2.45, 2.75) is 39.2 Å². The van der Waals surface area contributed by atoms with Gasteiger partial charge in [-0.1, -0.05) is 47.4 Å². The van der Waals surface area contributed by atoms with Crippen LogP contribution in [0.15, 0.2) is 63.7 Å². The Morgan fingerprint density at radius 2 is 1.89 bits per heavy atom. The second-order valence-electron chi connectivity index (χ2n) is 9.52. The highest BCUT2D eigenvalue weighted by atomic mass is 79.9. The maximum atomic E-state index is 13.4. The number of carbonyl (C=O) groups excluding carboxylic acids is 2. The number of ketones is 1. The van der Waals surface area contributed by atoms with Crippen molar-refractivity contribution in [2.75, 3.05) is 14.2 Å². The normalized spacial score (nSPS) is 18.9. The van der Waals surface area contributed by atoms with Crippen molar-refractivity contribution in [3.63, 3.8) is 0 Å². The van der Waals surface area contributed by atoms with Gasteiger partial charge in [-0.2, -0.15) is 0 Å². The summed E-state index contributed by atoms with van der Waals surface area (Å²) in [5, 5.41) is 0.456. The van der Waals surface area contributed by atoms with E-state index in [1.165, 1.54) is 7.11 Å². The van der Waals surface area contributed by atoms with Gasteiger partial charge in [0.25, 0.3) is 0 Å². The molecule has 4 rings (SSSR count). The van der Waals surface area contributed by atoms with Crippen molar-refractivity contribution in [3.8, 4) is 11.5 Å². The monoisotopic (exact) mass is 575 g/mol. The van der Waals surface area contributed by atoms with Crippen LogP contribution in [-0.2, 0) is 25.7 Å². The highest BCUT2D eigenvalue weighted by Gasteiger charge is 2.45. The van der Waals surface area contributed by atoms with Crippen LogP contribution >= 0.6 is 27.5 Å². The molecule has 9 heteroatoms. The van der Waals surface area contributed by atoms with Crippen LogP contribution in [0.3, 0.4) is 0 Å². The van der Waals surface area contributed by atoms with E-state index in [2.05, 4.69) is 15.9 Å². The molecule has 2 aromatic rings. The maximum absolute atomic E-state index is 13.4. The van der Waals surface area contributed by atoms with E-state index in [4.69, 9.17) is 36.3 Å². The Morgan fingerprint density at radius 3 is 2.56 bits per heavy atom. The van der Waals surface area contributed by atoms with Gasteiger partial charge in [-0.05, 0) is 41.3 Å². The number of esters is 1. The molecule has 2 aromatic carbocycles. The number of methoxy groups -OCH3 is 2. The predicted molar refractivity (Wildman–Crippen MR) is 139 cm³/mol. The molecule has 1 aliphatic carbocycles. The molecule has 36 heavy (non-hydrogen) atoms. The zero-order chi connectivity index (χ0) is 26.2. The van der Waals surface area contributed by atoms with Crippen molar-refractivity contribution < 1.29 is 28.5 Å². The number of carbonyl (C=O) groups is 2. The van der Waals surface area contributed by atoms with Crippen LogP contribution in [0, 0.1) is 5.41 Å². The van der Waals surface area contributed by atoms with Crippen LogP contribution in [-0.4, -0.2) is 26.0 Å². The summed E-state index contributed by atoms with van der Waals surface area (Å²) in [7, 11) is 2.83. The number of Topliss-reactive ketones (excluding diaryl/α,β-unsaturated/α-hetero) is 1. The molecule has 0 saturated carbocycles. The molecule has 1 aliphatic heterocycles. The number of hydrogen-bond donors (Lipinski definition) is 1. The van der Waals surface area contributed by atoms with Crippen molar-refractivity contribution >= 4 is 39.3 Å². The van der Waals surface area contributed by atoms with E-state index in [-0.39, 0.29) is 29.3 Å². The second-order valence-corrected chi connectivity index (χ2v) is 10.8. The molecule has 1 unspecified atom stereocenters. The van der Waals surface area contributed by atoms with Crippen LogP contribution in [0.4, 0.5) is 0 Å². The third kappa shape index (κ3) is 5.11. The minimum atomic E-state index is -0.745. The van der Waals surface area contributed by atoms with E-state index < -0.39 is 11.9 Å². The summed E-state index contributed by atoms with van der Waals surface area (Å²) >= 11 is 9.69. The van der Waals surface area contributed by atoms with Gasteiger partial charge in [-0.3, -0.25) is 4.79 Å². The molecule has 0 fully saturated rings. The first kappa shape index (κ1) is 26.1. The van der Waals surface area contributed by atoms with Gasteiger partial charge in [-0.15, -0.1) is 0 Å². The summed E-state index contributed by atoms with van der Waals surface area (Å²) < 4.78 is 23.2. The minimum Gasteiger partial charge on any atom is -0.496 e. The maximum Gasteiger partial charge on any atom is 0.340 e. The van der Waals surface area contributed by atoms with E-state index in [0.717, 1.165) is 4.47 Å². The Labute approximate surface area is 223 Å². The zero-order valence-corrected chi connectivity index (χ0v) is 22.8. The standard InChI is InChI=1S/C27H27BrClNO6/c1-27(2)11-18(31)23-21(12-27)36-25(30)24(26(32)34-4)22(23)14-5-7-19(33-3)15(9-14)13-35-20-8-6-16(28)10-17(20)29/h5-10,22H,11-13,30H2,1-4H3. The number of halogens is 2. The molecular formula is C27H27BrClNO6. The molecule has 0 saturated heterocycles. The quantitative estimate of drug-likeness (QED) is 0.435. The van der Waals surface area contributed by atoms with E-state index in [1.807, 2.05) is 26.0 Å². The lowest BCUT2D eigenvalue weighted by Gasteiger charge is -2.38. The molecule has 1 atom stereocenters. The fraction of sp³-hybridized carbons (Fsp3) is 0.333. The van der Waals surface area contributed by atoms with E-state index in [1.54, 1.807) is 31.4 Å². The lowest BCUT2D eigenvalue weighted by atomic mass is 9.70. The van der Waals surface area contributed by atoms with Gasteiger partial charge >= 0.3 is 5.97 Å². The fourth-order valence-corrected chi connectivity index (χ4v) is 5.39. The molecule has 7 nitrogen and oxygen atoms in total. The third-order valence-electron chi connectivity index (χ3n) is 6.28. The summed E-state index contributed by atoms with van der Waals surface area (Å²) in [6.45, 7) is 4.14. The molecule has 0 bridgehead atoms. The first-order chi connectivity index (χ1) is 17.0. The SMILES string of the molecule is COC(=O)C1=C(N)OC2=C(C(=O)CC(C)(C)C2)C1c1ccc(OC)c(COc2ccc(Br)cc2Cl)c1. The summed E-state index contributed by atoms with van der Waals surface area (Å²) in [4.78, 5) is 26.2. The molecular weight excluding hydrogens is 550 g/mol. The lowest BCUT2D eigenvalue weighted by Crippen LogP contribution is -2.35. The average Bonchev–Trinajstić information content (AvgIpc) is 2.81. The smallest absolute Gasteiger partial charge is 0.340 e. The molecule has 0 aromatic heterocycles. The highest BCUT2D eigenvalue weighted by molar-refractivity contribution is 9.10. The van der Waals surface area contributed by atoms with Crippen molar-refractivity contribution in [1.82, 2.24) is 0 Å². The van der Waals surface area contributed by atoms with Gasteiger partial charge in [-0.25, -0.2) is 4.79 Å². The lowest BCUT2D eigenvalue weighted by molar-refractivity contribution is -0.136. The number of benzene rings is 2. The van der Waals surface area contributed by atoms with Crippen molar-refractivity contribution in [2.24, 2.45) is 11.1 Å². The Morgan fingerprint density at radius 1 is 1.17 bits per heavy atom. The van der Waals surface area contributed by atoms with Crippen LogP contribution in [0.1, 0.15) is 43.7 Å². The number of rotatable bonds is 6. The van der Waals surface area contributed by atoms with E-state index in [0.29, 0.717) is 51.8 Å². The highest BCUT2D eigenvalue weighted by Crippen LogP contribution is 2.48. The summed E-state index contributed by atoms with van der Waals surface area (Å²) in [5.74, 6) is 0.0273. The average molecular weight is 577 g/mol. The zero-order valence-electron chi connectivity index (χ0n) is 20.4. The second kappa shape index (κ2) is 10.2. The number of allylic oxidation sites excluding steroid dienone is 2. The Kier molecular flexibility index (Phi) is 7.38. The molecule has 190 valence electrons. The Hall–Kier alpha value is -2.97. The van der Waals surface area contributed by atoms with Crippen molar-refractivity contribution in [3.05, 3.63) is 79.8 Å². The van der Waals surface area contributed by atoms with Gasteiger partial charge in [0.1, 0.15) is 29.4 Å². The van der Waals surface area contributed by atoms with Gasteiger partial charge in [0.15, 0.2) is 5.78 Å². The Balaban J connectivity index is 1.78. The molecule has 2 aliphatic rings. The first-order valence-electron chi connectivity index (χ1n) is 11.3. The molecule has 1 heterocycles. The van der Waals surface area contributed by atoms with Crippen LogP contribution in [0.5, 0.6) is 11.5 Å². The number of ether oxygens (including phenoxy) is 4. The van der Waals surface area contributed by atoms with E-state index >= 15 is 0 Å². The first-order valence-corrected chi connectivity index (χ1v) is 12.5. The van der Waals surface area contributed by atoms with E-state index in [9.17, 15) is 9.59 Å². The number of nitrogens with two attached hydrogens (primary N) is 1.